The topological polar surface area (TPSA) is 0 Å². The summed E-state index contributed by atoms with van der Waals surface area (Å²) in [5, 5.41) is 0. The van der Waals surface area contributed by atoms with Gasteiger partial charge in [0.2, 0.25) is 0 Å². The lowest BCUT2D eigenvalue weighted by Crippen LogP contribution is -1.81. The standard InChI is InChI=1S/C10H10F/c1-3-4-9-5-6-10(11)7-8(9)2/h3-7H,1H2,2H3. The van der Waals surface area contributed by atoms with Crippen LogP contribution < -0.4 is 0 Å². The molecule has 0 saturated heterocycles. The average molecular weight is 149 g/mol. The first kappa shape index (κ1) is 7.99. The van der Waals surface area contributed by atoms with Crippen LogP contribution in [0.5, 0.6) is 0 Å². The van der Waals surface area contributed by atoms with Crippen molar-refractivity contribution >= 4 is 6.08 Å². The van der Waals surface area contributed by atoms with Crippen molar-refractivity contribution in [3.05, 3.63) is 48.1 Å². The largest absolute Gasteiger partial charge is 0.207 e. The van der Waals surface area contributed by atoms with Gasteiger partial charge in [0.05, 0.1) is 0 Å². The van der Waals surface area contributed by atoms with Crippen LogP contribution in [-0.2, 0) is 0 Å². The Morgan fingerprint density at radius 1 is 1.45 bits per heavy atom. The predicted molar refractivity (Wildman–Crippen MR) is 45.5 cm³/mol. The summed E-state index contributed by atoms with van der Waals surface area (Å²) < 4.78 is 12.5. The van der Waals surface area contributed by atoms with Gasteiger partial charge in [-0.1, -0.05) is 18.2 Å². The molecular weight excluding hydrogens is 139 g/mol. The molecule has 0 atom stereocenters. The molecule has 1 aromatic rings. The maximum atomic E-state index is 12.5. The van der Waals surface area contributed by atoms with Crippen LogP contribution in [0.4, 0.5) is 4.39 Å². The fourth-order valence-electron chi connectivity index (χ4n) is 0.953. The van der Waals surface area contributed by atoms with E-state index in [0.29, 0.717) is 0 Å². The van der Waals surface area contributed by atoms with E-state index in [0.717, 1.165) is 11.1 Å². The molecule has 0 aliphatic rings. The van der Waals surface area contributed by atoms with Crippen molar-refractivity contribution < 1.29 is 4.39 Å². The molecule has 0 aliphatic carbocycles. The predicted octanol–water partition coefficient (Wildman–Crippen LogP) is 2.98. The fraction of sp³-hybridized carbons (Fsp3) is 0.100. The Hall–Kier alpha value is -1.11. The molecule has 0 nitrogen and oxygen atoms in total. The summed E-state index contributed by atoms with van der Waals surface area (Å²) in [6, 6.07) is 4.70. The third-order valence-corrected chi connectivity index (χ3v) is 1.53. The minimum absolute atomic E-state index is 0.191. The highest BCUT2D eigenvalue weighted by Crippen LogP contribution is 2.11. The zero-order valence-corrected chi connectivity index (χ0v) is 6.47. The zero-order valence-electron chi connectivity index (χ0n) is 6.47. The molecule has 0 heterocycles. The summed E-state index contributed by atoms with van der Waals surface area (Å²) >= 11 is 0. The minimum Gasteiger partial charge on any atom is -0.207 e. The van der Waals surface area contributed by atoms with E-state index in [1.165, 1.54) is 12.1 Å². The summed E-state index contributed by atoms with van der Waals surface area (Å²) in [6.07, 6.45) is 3.55. The van der Waals surface area contributed by atoms with E-state index in [2.05, 4.69) is 6.92 Å². The summed E-state index contributed by atoms with van der Waals surface area (Å²) in [7, 11) is 0. The summed E-state index contributed by atoms with van der Waals surface area (Å²) in [6.45, 7) is 5.44. The molecule has 0 amide bonds. The molecule has 0 aliphatic heterocycles. The quantitative estimate of drug-likeness (QED) is 0.575. The van der Waals surface area contributed by atoms with Crippen LogP contribution in [0.15, 0.2) is 24.3 Å². The Bertz CT molecular complexity index is 274. The maximum absolute atomic E-state index is 12.5. The molecule has 0 unspecified atom stereocenters. The Morgan fingerprint density at radius 2 is 2.18 bits per heavy atom. The number of benzene rings is 1. The fourth-order valence-corrected chi connectivity index (χ4v) is 0.953. The van der Waals surface area contributed by atoms with Gasteiger partial charge in [0.15, 0.2) is 0 Å². The normalized spacial score (nSPS) is 10.8. The van der Waals surface area contributed by atoms with Crippen LogP contribution in [0.1, 0.15) is 11.1 Å². The highest BCUT2D eigenvalue weighted by Gasteiger charge is 1.94. The first-order valence-electron chi connectivity index (χ1n) is 3.46. The number of rotatable bonds is 1. The van der Waals surface area contributed by atoms with Gasteiger partial charge < -0.3 is 0 Å². The molecular formula is C10H10F. The van der Waals surface area contributed by atoms with Crippen LogP contribution in [-0.4, -0.2) is 0 Å². The second kappa shape index (κ2) is 3.33. The van der Waals surface area contributed by atoms with Gasteiger partial charge in [0.1, 0.15) is 5.82 Å². The van der Waals surface area contributed by atoms with E-state index < -0.39 is 0 Å². The molecule has 1 heteroatoms. The smallest absolute Gasteiger partial charge is 0.123 e. The van der Waals surface area contributed by atoms with Gasteiger partial charge in [0, 0.05) is 0 Å². The van der Waals surface area contributed by atoms with Crippen molar-refractivity contribution in [2.24, 2.45) is 0 Å². The summed E-state index contributed by atoms with van der Waals surface area (Å²) in [5.74, 6) is -0.191. The lowest BCUT2D eigenvalue weighted by molar-refractivity contribution is 0.626. The monoisotopic (exact) mass is 149 g/mol. The number of hydrogen-bond acceptors (Lipinski definition) is 0. The molecule has 0 fully saturated rings. The van der Waals surface area contributed by atoms with Gasteiger partial charge in [0.25, 0.3) is 0 Å². The van der Waals surface area contributed by atoms with Crippen LogP contribution in [0.25, 0.3) is 6.08 Å². The minimum atomic E-state index is -0.191. The van der Waals surface area contributed by atoms with Crippen molar-refractivity contribution in [2.45, 2.75) is 6.92 Å². The lowest BCUT2D eigenvalue weighted by atomic mass is 10.1. The van der Waals surface area contributed by atoms with Gasteiger partial charge >= 0.3 is 0 Å². The number of halogens is 1. The Kier molecular flexibility index (Phi) is 2.42. The maximum Gasteiger partial charge on any atom is 0.123 e. The van der Waals surface area contributed by atoms with Crippen molar-refractivity contribution in [1.29, 1.82) is 0 Å². The Labute approximate surface area is 66.4 Å². The molecule has 0 saturated carbocycles. The summed E-state index contributed by atoms with van der Waals surface area (Å²) in [5.41, 5.74) is 1.95. The molecule has 1 radical (unpaired) electrons. The average Bonchev–Trinajstić information content (AvgIpc) is 1.95. The van der Waals surface area contributed by atoms with E-state index in [4.69, 9.17) is 0 Å². The van der Waals surface area contributed by atoms with Crippen molar-refractivity contribution in [1.82, 2.24) is 0 Å². The van der Waals surface area contributed by atoms with Gasteiger partial charge in [-0.3, -0.25) is 0 Å². The Balaban J connectivity index is 3.09. The molecule has 1 aromatic carbocycles. The molecule has 0 bridgehead atoms. The van der Waals surface area contributed by atoms with Crippen molar-refractivity contribution in [3.8, 4) is 0 Å². The third kappa shape index (κ3) is 1.90. The van der Waals surface area contributed by atoms with Crippen molar-refractivity contribution in [2.75, 3.05) is 0 Å². The van der Waals surface area contributed by atoms with Gasteiger partial charge in [-0.15, -0.1) is 0 Å². The van der Waals surface area contributed by atoms with E-state index in [1.54, 1.807) is 12.1 Å². The number of aryl methyl sites for hydroxylation is 1. The first-order valence-corrected chi connectivity index (χ1v) is 3.46. The number of hydrogen-bond donors (Lipinski definition) is 0. The van der Waals surface area contributed by atoms with Crippen LogP contribution in [0, 0.1) is 19.7 Å². The molecule has 0 spiro atoms. The highest BCUT2D eigenvalue weighted by molar-refractivity contribution is 5.53. The van der Waals surface area contributed by atoms with Crippen LogP contribution in [0.2, 0.25) is 0 Å². The van der Waals surface area contributed by atoms with Crippen LogP contribution >= 0.6 is 0 Å². The molecule has 11 heavy (non-hydrogen) atoms. The molecule has 57 valence electrons. The zero-order chi connectivity index (χ0) is 8.27. The van der Waals surface area contributed by atoms with E-state index in [-0.39, 0.29) is 5.82 Å². The highest BCUT2D eigenvalue weighted by atomic mass is 19.1. The van der Waals surface area contributed by atoms with E-state index in [9.17, 15) is 4.39 Å². The van der Waals surface area contributed by atoms with Gasteiger partial charge in [-0.05, 0) is 37.1 Å². The molecule has 1 rings (SSSR count). The van der Waals surface area contributed by atoms with E-state index >= 15 is 0 Å². The molecule has 0 N–H and O–H groups in total. The lowest BCUT2D eigenvalue weighted by Gasteiger charge is -1.98. The van der Waals surface area contributed by atoms with Gasteiger partial charge in [-0.25, -0.2) is 4.39 Å². The van der Waals surface area contributed by atoms with Crippen molar-refractivity contribution in [3.63, 3.8) is 0 Å². The second-order valence-electron chi connectivity index (χ2n) is 2.40. The number of allylic oxidation sites excluding steroid dienone is 1. The van der Waals surface area contributed by atoms with Gasteiger partial charge in [-0.2, -0.15) is 0 Å². The van der Waals surface area contributed by atoms with E-state index in [1.807, 2.05) is 13.0 Å². The van der Waals surface area contributed by atoms with Crippen LogP contribution in [0.3, 0.4) is 0 Å². The Morgan fingerprint density at radius 3 is 2.73 bits per heavy atom. The third-order valence-electron chi connectivity index (χ3n) is 1.53. The SMILES string of the molecule is [CH2]C=Cc1ccc(F)cc1C. The first-order chi connectivity index (χ1) is 5.24. The summed E-state index contributed by atoms with van der Waals surface area (Å²) in [4.78, 5) is 0. The molecule has 0 aromatic heterocycles. The second-order valence-corrected chi connectivity index (χ2v) is 2.40.